The summed E-state index contributed by atoms with van der Waals surface area (Å²) in [5.74, 6) is 3.08. The van der Waals surface area contributed by atoms with Crippen LogP contribution in [0.25, 0.3) is 0 Å². The Bertz CT molecular complexity index is 733. The predicted octanol–water partition coefficient (Wildman–Crippen LogP) is 4.50. The molecule has 0 heterocycles. The molecule has 3 fully saturated rings. The molecule has 1 spiro atoms. The number of aliphatic hydroxyl groups is 1. The molecule has 25 heavy (non-hydrogen) atoms. The van der Waals surface area contributed by atoms with Gasteiger partial charge in [0, 0.05) is 5.41 Å². The summed E-state index contributed by atoms with van der Waals surface area (Å²) < 4.78 is 21.1. The van der Waals surface area contributed by atoms with Gasteiger partial charge in [-0.05, 0) is 84.5 Å². The first kappa shape index (κ1) is 16.1. The fraction of sp³-hybridized carbons (Fsp3) is 0.727. The number of rotatable bonds is 2. The molecule has 3 heteroatoms. The summed E-state index contributed by atoms with van der Waals surface area (Å²) in [6.45, 7) is 4.22. The third-order valence-corrected chi connectivity index (χ3v) is 8.88. The Labute approximate surface area is 149 Å². The second-order valence-electron chi connectivity index (χ2n) is 9.52. The number of aliphatic hydroxyl groups excluding tert-OH is 1. The number of fused-ring (bicyclic) bond motifs is 3. The number of methoxy groups -OCH3 is 1. The van der Waals surface area contributed by atoms with Crippen LogP contribution >= 0.6 is 0 Å². The van der Waals surface area contributed by atoms with E-state index in [0.717, 1.165) is 25.0 Å². The summed E-state index contributed by atoms with van der Waals surface area (Å²) in [5.41, 5.74) is 1.30. The standard InChI is InChI=1S/C22H29FO2/c1-13-8-14-9-16(25-3)4-5-17(14)18-6-7-20(2)21(23,12-24)10-15-11-22(15,20)19(13)18/h4-5,9,13,15,18-19,24H,6-8,10-12H2,1-3H3/t13?,15?,18-,19-,20-,21?,22+/m1/s1. The molecule has 0 amide bonds. The van der Waals surface area contributed by atoms with Gasteiger partial charge in [-0.15, -0.1) is 0 Å². The predicted molar refractivity (Wildman–Crippen MR) is 95.5 cm³/mol. The van der Waals surface area contributed by atoms with Crippen molar-refractivity contribution < 1.29 is 14.2 Å². The highest BCUT2D eigenvalue weighted by Crippen LogP contribution is 2.85. The number of alkyl halides is 1. The van der Waals surface area contributed by atoms with Gasteiger partial charge in [0.1, 0.15) is 11.4 Å². The lowest BCUT2D eigenvalue weighted by molar-refractivity contribution is -0.112. The van der Waals surface area contributed by atoms with E-state index in [-0.39, 0.29) is 17.4 Å². The van der Waals surface area contributed by atoms with E-state index in [1.54, 1.807) is 7.11 Å². The molecule has 0 bridgehead atoms. The van der Waals surface area contributed by atoms with E-state index in [0.29, 0.717) is 30.1 Å². The lowest BCUT2D eigenvalue weighted by Gasteiger charge is -2.56. The van der Waals surface area contributed by atoms with Crippen LogP contribution in [0.4, 0.5) is 4.39 Å². The van der Waals surface area contributed by atoms with E-state index in [1.807, 2.05) is 0 Å². The molecule has 4 aliphatic rings. The largest absolute Gasteiger partial charge is 0.497 e. The van der Waals surface area contributed by atoms with Crippen LogP contribution in [-0.2, 0) is 6.42 Å². The molecule has 5 rings (SSSR count). The Hall–Kier alpha value is -1.09. The van der Waals surface area contributed by atoms with Gasteiger partial charge in [0.25, 0.3) is 0 Å². The van der Waals surface area contributed by atoms with Crippen molar-refractivity contribution in [2.75, 3.05) is 13.7 Å². The minimum absolute atomic E-state index is 0.116. The average molecular weight is 344 g/mol. The number of ether oxygens (including phenoxy) is 1. The quantitative estimate of drug-likeness (QED) is 0.856. The first-order chi connectivity index (χ1) is 11.9. The molecule has 1 aromatic rings. The van der Waals surface area contributed by atoms with Gasteiger partial charge in [0.05, 0.1) is 13.7 Å². The average Bonchev–Trinajstić information content (AvgIpc) is 3.26. The highest BCUT2D eigenvalue weighted by molar-refractivity contribution is 5.43. The maximum absolute atomic E-state index is 15.7. The molecule has 0 radical (unpaired) electrons. The fourth-order valence-corrected chi connectivity index (χ4v) is 7.74. The molecule has 3 unspecified atom stereocenters. The van der Waals surface area contributed by atoms with Crippen molar-refractivity contribution >= 4 is 0 Å². The van der Waals surface area contributed by atoms with Crippen molar-refractivity contribution in [3.63, 3.8) is 0 Å². The Balaban J connectivity index is 1.60. The lowest BCUT2D eigenvalue weighted by atomic mass is 9.48. The minimum atomic E-state index is -1.37. The third kappa shape index (κ3) is 1.69. The van der Waals surface area contributed by atoms with E-state index < -0.39 is 5.67 Å². The number of hydrogen-bond acceptors (Lipinski definition) is 2. The van der Waals surface area contributed by atoms with Crippen LogP contribution in [0.1, 0.15) is 56.6 Å². The number of halogens is 1. The Morgan fingerprint density at radius 2 is 2.12 bits per heavy atom. The second-order valence-corrected chi connectivity index (χ2v) is 9.52. The minimum Gasteiger partial charge on any atom is -0.497 e. The van der Waals surface area contributed by atoms with Gasteiger partial charge in [0.15, 0.2) is 0 Å². The van der Waals surface area contributed by atoms with Crippen LogP contribution < -0.4 is 4.74 Å². The van der Waals surface area contributed by atoms with E-state index in [4.69, 9.17) is 4.74 Å². The molecule has 1 N–H and O–H groups in total. The smallest absolute Gasteiger partial charge is 0.140 e. The van der Waals surface area contributed by atoms with Crippen LogP contribution in [-0.4, -0.2) is 24.5 Å². The maximum Gasteiger partial charge on any atom is 0.140 e. The molecule has 0 aromatic heterocycles. The van der Waals surface area contributed by atoms with Crippen LogP contribution in [0.3, 0.4) is 0 Å². The molecule has 2 nitrogen and oxygen atoms in total. The zero-order valence-corrected chi connectivity index (χ0v) is 15.5. The van der Waals surface area contributed by atoms with Gasteiger partial charge in [-0.3, -0.25) is 0 Å². The van der Waals surface area contributed by atoms with E-state index in [9.17, 15) is 5.11 Å². The molecule has 136 valence electrons. The summed E-state index contributed by atoms with van der Waals surface area (Å²) in [5, 5.41) is 9.85. The van der Waals surface area contributed by atoms with Crippen LogP contribution in [0, 0.1) is 28.6 Å². The van der Waals surface area contributed by atoms with Gasteiger partial charge in [-0.2, -0.15) is 0 Å². The molecule has 1 aromatic carbocycles. The zero-order valence-electron chi connectivity index (χ0n) is 15.5. The maximum atomic E-state index is 15.7. The SMILES string of the molecule is COc1ccc2c(c1)CC(C)[C@@H]1[C@@H]2CC[C@]2(C)C(F)(CO)CC3C[C@]312. The number of benzene rings is 1. The molecule has 3 saturated carbocycles. The van der Waals surface area contributed by atoms with Gasteiger partial charge >= 0.3 is 0 Å². The molecule has 0 aliphatic heterocycles. The normalized spacial score (nSPS) is 49.6. The Morgan fingerprint density at radius 1 is 1.32 bits per heavy atom. The second kappa shape index (κ2) is 4.79. The van der Waals surface area contributed by atoms with Crippen molar-refractivity contribution in [2.24, 2.45) is 28.6 Å². The van der Waals surface area contributed by atoms with Gasteiger partial charge < -0.3 is 9.84 Å². The zero-order chi connectivity index (χ0) is 17.6. The summed E-state index contributed by atoms with van der Waals surface area (Å²) in [7, 11) is 1.73. The summed E-state index contributed by atoms with van der Waals surface area (Å²) in [6, 6.07) is 6.56. The lowest BCUT2D eigenvalue weighted by Crippen LogP contribution is -2.55. The van der Waals surface area contributed by atoms with Crippen molar-refractivity contribution in [2.45, 2.75) is 57.5 Å². The van der Waals surface area contributed by atoms with Crippen molar-refractivity contribution in [1.82, 2.24) is 0 Å². The topological polar surface area (TPSA) is 29.5 Å². The Kier molecular flexibility index (Phi) is 3.09. The highest BCUT2D eigenvalue weighted by atomic mass is 19.1. The van der Waals surface area contributed by atoms with Crippen LogP contribution in [0.5, 0.6) is 5.75 Å². The van der Waals surface area contributed by atoms with Gasteiger partial charge in [-0.25, -0.2) is 4.39 Å². The van der Waals surface area contributed by atoms with Gasteiger partial charge in [-0.1, -0.05) is 19.9 Å². The molecule has 0 saturated heterocycles. The van der Waals surface area contributed by atoms with Crippen molar-refractivity contribution in [1.29, 1.82) is 0 Å². The first-order valence-electron chi connectivity index (χ1n) is 9.87. The summed E-state index contributed by atoms with van der Waals surface area (Å²) >= 11 is 0. The van der Waals surface area contributed by atoms with E-state index >= 15 is 4.39 Å². The van der Waals surface area contributed by atoms with E-state index in [1.165, 1.54) is 17.5 Å². The van der Waals surface area contributed by atoms with E-state index in [2.05, 4.69) is 32.0 Å². The third-order valence-electron chi connectivity index (χ3n) is 8.88. The highest BCUT2D eigenvalue weighted by Gasteiger charge is 2.82. The van der Waals surface area contributed by atoms with Crippen LogP contribution in [0.2, 0.25) is 0 Å². The summed E-state index contributed by atoms with van der Waals surface area (Å²) in [6.07, 6.45) is 4.76. The van der Waals surface area contributed by atoms with Gasteiger partial charge in [0.2, 0.25) is 0 Å². The van der Waals surface area contributed by atoms with Crippen LogP contribution in [0.15, 0.2) is 18.2 Å². The van der Waals surface area contributed by atoms with Crippen molar-refractivity contribution in [3.05, 3.63) is 29.3 Å². The molecular formula is C22H29FO2. The monoisotopic (exact) mass is 344 g/mol. The van der Waals surface area contributed by atoms with Crippen molar-refractivity contribution in [3.8, 4) is 5.75 Å². The Morgan fingerprint density at radius 3 is 2.84 bits per heavy atom. The fourth-order valence-electron chi connectivity index (χ4n) is 7.74. The first-order valence-corrected chi connectivity index (χ1v) is 9.87. The number of hydrogen-bond donors (Lipinski definition) is 1. The summed E-state index contributed by atoms with van der Waals surface area (Å²) in [4.78, 5) is 0. The molecular weight excluding hydrogens is 315 g/mol. The molecule has 4 aliphatic carbocycles. The molecule has 7 atom stereocenters.